The van der Waals surface area contributed by atoms with Crippen molar-refractivity contribution in [1.29, 1.82) is 5.26 Å². The van der Waals surface area contributed by atoms with Crippen molar-refractivity contribution >= 4 is 45.2 Å². The van der Waals surface area contributed by atoms with Crippen molar-refractivity contribution in [2.24, 2.45) is 5.41 Å². The molecule has 1 aromatic rings. The Balaban J connectivity index is 2.68. The van der Waals surface area contributed by atoms with Crippen LogP contribution in [0.4, 0.5) is 0 Å². The molecule has 1 aromatic carbocycles. The minimum atomic E-state index is -0.940. The van der Waals surface area contributed by atoms with E-state index < -0.39 is 11.4 Å². The number of thioether (sulfide) groups is 2. The fraction of sp³-hybridized carbons (Fsp3) is 0.476. The number of rotatable bonds is 11. The zero-order chi connectivity index (χ0) is 20.1. The topological polar surface area (TPSA) is 61.1 Å². The van der Waals surface area contributed by atoms with Gasteiger partial charge in [-0.1, -0.05) is 61.6 Å². The Labute approximate surface area is 176 Å². The first kappa shape index (κ1) is 23.7. The number of carboxylic acids is 1. The van der Waals surface area contributed by atoms with E-state index in [9.17, 15) is 15.2 Å². The lowest BCUT2D eigenvalue weighted by Crippen LogP contribution is -2.27. The lowest BCUT2D eigenvalue weighted by molar-refractivity contribution is -0.139. The Morgan fingerprint density at radius 3 is 2.63 bits per heavy atom. The average molecular weight is 422 g/mol. The van der Waals surface area contributed by atoms with Crippen LogP contribution in [0.15, 0.2) is 42.5 Å². The molecule has 0 heterocycles. The Morgan fingerprint density at radius 2 is 2.04 bits per heavy atom. The maximum absolute atomic E-state index is 11.3. The fourth-order valence-electron chi connectivity index (χ4n) is 2.89. The van der Waals surface area contributed by atoms with E-state index in [1.54, 1.807) is 30.4 Å². The lowest BCUT2D eigenvalue weighted by atomic mass is 9.70. The molecule has 0 amide bonds. The van der Waals surface area contributed by atoms with Gasteiger partial charge in [-0.2, -0.15) is 5.26 Å². The van der Waals surface area contributed by atoms with Crippen molar-refractivity contribution in [3.63, 3.8) is 0 Å². The van der Waals surface area contributed by atoms with E-state index in [4.69, 9.17) is 12.2 Å². The Bertz CT molecular complexity index is 670. The van der Waals surface area contributed by atoms with Crippen LogP contribution in [0.1, 0.15) is 51.0 Å². The van der Waals surface area contributed by atoms with Crippen molar-refractivity contribution in [3.8, 4) is 6.07 Å². The predicted molar refractivity (Wildman–Crippen MR) is 121 cm³/mol. The Morgan fingerprint density at radius 1 is 1.33 bits per heavy atom. The van der Waals surface area contributed by atoms with Crippen LogP contribution in [0.3, 0.4) is 0 Å². The van der Waals surface area contributed by atoms with Gasteiger partial charge >= 0.3 is 5.97 Å². The number of benzene rings is 1. The standard InChI is InChI=1S/C21H27NO2S3/c1-3-13-26-20(25)27-14-9-5-8-12-18(17-10-6-4-7-11-17)21(2,16-22)15-19(23)24/h4-7,9-11,18H,3,8,12-15H2,1-2H3,(H,23,24)/b9-5+. The van der Waals surface area contributed by atoms with E-state index in [0.29, 0.717) is 0 Å². The van der Waals surface area contributed by atoms with Gasteiger partial charge in [0.1, 0.15) is 3.53 Å². The Kier molecular flexibility index (Phi) is 11.4. The molecule has 1 N–H and O–H groups in total. The number of nitrogens with zero attached hydrogens (tertiary/aromatic N) is 1. The molecule has 0 radical (unpaired) electrons. The van der Waals surface area contributed by atoms with Gasteiger partial charge < -0.3 is 5.11 Å². The van der Waals surface area contributed by atoms with Gasteiger partial charge in [0.05, 0.1) is 17.9 Å². The van der Waals surface area contributed by atoms with E-state index in [0.717, 1.165) is 39.9 Å². The predicted octanol–water partition coefficient (Wildman–Crippen LogP) is 6.27. The molecular formula is C21H27NO2S3. The number of carbonyl (C=O) groups is 1. The SMILES string of the molecule is CCCSC(=S)SC/C=C/CCC(c1ccccc1)C(C)(C#N)CC(=O)O. The van der Waals surface area contributed by atoms with Crippen molar-refractivity contribution in [2.45, 2.75) is 45.4 Å². The molecule has 27 heavy (non-hydrogen) atoms. The van der Waals surface area contributed by atoms with Crippen LogP contribution in [0.2, 0.25) is 0 Å². The second-order valence-electron chi connectivity index (χ2n) is 6.52. The van der Waals surface area contributed by atoms with Crippen LogP contribution < -0.4 is 0 Å². The second-order valence-corrected chi connectivity index (χ2v) is 9.84. The van der Waals surface area contributed by atoms with E-state index in [2.05, 4.69) is 25.1 Å². The molecule has 146 valence electrons. The molecule has 0 aliphatic carbocycles. The van der Waals surface area contributed by atoms with Crippen LogP contribution in [-0.2, 0) is 4.79 Å². The van der Waals surface area contributed by atoms with E-state index >= 15 is 0 Å². The van der Waals surface area contributed by atoms with Gasteiger partial charge in [-0.25, -0.2) is 0 Å². The highest BCUT2D eigenvalue weighted by Gasteiger charge is 2.37. The maximum atomic E-state index is 11.3. The van der Waals surface area contributed by atoms with E-state index in [1.807, 2.05) is 30.3 Å². The zero-order valence-electron chi connectivity index (χ0n) is 15.9. The number of aliphatic carboxylic acids is 1. The third-order valence-corrected chi connectivity index (χ3v) is 7.11. The molecule has 0 aliphatic rings. The summed E-state index contributed by atoms with van der Waals surface area (Å²) >= 11 is 8.70. The third kappa shape index (κ3) is 8.96. The minimum absolute atomic E-state index is 0.127. The van der Waals surface area contributed by atoms with Crippen molar-refractivity contribution < 1.29 is 9.90 Å². The quantitative estimate of drug-likeness (QED) is 0.335. The second kappa shape index (κ2) is 13.0. The highest BCUT2D eigenvalue weighted by molar-refractivity contribution is 8.47. The molecule has 0 bridgehead atoms. The molecule has 0 aliphatic heterocycles. The average Bonchev–Trinajstić information content (AvgIpc) is 2.65. The molecular weight excluding hydrogens is 394 g/mol. The van der Waals surface area contributed by atoms with Crippen LogP contribution in [0, 0.1) is 16.7 Å². The summed E-state index contributed by atoms with van der Waals surface area (Å²) in [6.45, 7) is 3.89. The minimum Gasteiger partial charge on any atom is -0.481 e. The van der Waals surface area contributed by atoms with Crippen LogP contribution in [-0.4, -0.2) is 26.1 Å². The summed E-state index contributed by atoms with van der Waals surface area (Å²) in [5, 5.41) is 18.9. The van der Waals surface area contributed by atoms with E-state index in [-0.39, 0.29) is 12.3 Å². The van der Waals surface area contributed by atoms with Gasteiger partial charge in [0, 0.05) is 11.7 Å². The number of allylic oxidation sites excluding steroid dienone is 1. The fourth-order valence-corrected chi connectivity index (χ4v) is 4.87. The molecule has 6 heteroatoms. The molecule has 1 rings (SSSR count). The van der Waals surface area contributed by atoms with Crippen molar-refractivity contribution in [2.75, 3.05) is 11.5 Å². The number of hydrogen-bond acceptors (Lipinski definition) is 5. The third-order valence-electron chi connectivity index (χ3n) is 4.26. The largest absolute Gasteiger partial charge is 0.481 e. The molecule has 0 fully saturated rings. The highest BCUT2D eigenvalue weighted by atomic mass is 32.2. The summed E-state index contributed by atoms with van der Waals surface area (Å²) in [6, 6.07) is 12.0. The number of nitriles is 1. The van der Waals surface area contributed by atoms with Crippen molar-refractivity contribution in [3.05, 3.63) is 48.0 Å². The summed E-state index contributed by atoms with van der Waals surface area (Å²) < 4.78 is 0.974. The van der Waals surface area contributed by atoms with Crippen LogP contribution in [0.25, 0.3) is 0 Å². The molecule has 0 spiro atoms. The smallest absolute Gasteiger partial charge is 0.304 e. The van der Waals surface area contributed by atoms with Gasteiger partial charge in [0.2, 0.25) is 0 Å². The molecule has 3 nitrogen and oxygen atoms in total. The summed E-state index contributed by atoms with van der Waals surface area (Å²) in [5.41, 5.74) is 0.0800. The number of carboxylic acid groups (broad SMARTS) is 1. The number of hydrogen-bond donors (Lipinski definition) is 1. The summed E-state index contributed by atoms with van der Waals surface area (Å²) in [4.78, 5) is 11.3. The summed E-state index contributed by atoms with van der Waals surface area (Å²) in [6.07, 6.45) is 6.70. The molecule has 0 saturated carbocycles. The number of thiocarbonyl (C=S) groups is 1. The zero-order valence-corrected chi connectivity index (χ0v) is 18.3. The maximum Gasteiger partial charge on any atom is 0.304 e. The molecule has 0 saturated heterocycles. The first-order chi connectivity index (χ1) is 12.9. The van der Waals surface area contributed by atoms with Crippen LogP contribution >= 0.6 is 35.7 Å². The van der Waals surface area contributed by atoms with Gasteiger partial charge in [-0.15, -0.1) is 23.5 Å². The van der Waals surface area contributed by atoms with Gasteiger partial charge in [0.15, 0.2) is 0 Å². The van der Waals surface area contributed by atoms with Gasteiger partial charge in [0.25, 0.3) is 0 Å². The summed E-state index contributed by atoms with van der Waals surface area (Å²) in [7, 11) is 0. The Hall–Kier alpha value is -1.29. The molecule has 2 atom stereocenters. The van der Waals surface area contributed by atoms with Crippen LogP contribution in [0.5, 0.6) is 0 Å². The molecule has 0 aromatic heterocycles. The first-order valence-corrected chi connectivity index (χ1v) is 11.4. The lowest BCUT2D eigenvalue weighted by Gasteiger charge is -2.30. The summed E-state index contributed by atoms with van der Waals surface area (Å²) in [5.74, 6) is 0.837. The van der Waals surface area contributed by atoms with Gasteiger partial charge in [-0.3, -0.25) is 4.79 Å². The highest BCUT2D eigenvalue weighted by Crippen LogP contribution is 2.41. The monoisotopic (exact) mass is 421 g/mol. The first-order valence-electron chi connectivity index (χ1n) is 9.05. The molecule has 2 unspecified atom stereocenters. The van der Waals surface area contributed by atoms with Gasteiger partial charge in [-0.05, 0) is 37.5 Å². The van der Waals surface area contributed by atoms with Crippen molar-refractivity contribution in [1.82, 2.24) is 0 Å². The van der Waals surface area contributed by atoms with E-state index in [1.165, 1.54) is 0 Å². The normalized spacial score (nSPS) is 14.4.